The first-order valence-corrected chi connectivity index (χ1v) is 5.85. The second-order valence-corrected chi connectivity index (χ2v) is 5.29. The van der Waals surface area contributed by atoms with E-state index in [1.807, 2.05) is 0 Å². The zero-order valence-corrected chi connectivity index (χ0v) is 10.3. The number of hydrogen-bond acceptors (Lipinski definition) is 2. The first-order chi connectivity index (χ1) is 7.37. The van der Waals surface area contributed by atoms with Crippen molar-refractivity contribution >= 4 is 11.9 Å². The van der Waals surface area contributed by atoms with Crippen molar-refractivity contribution in [3.8, 4) is 0 Å². The van der Waals surface area contributed by atoms with Crippen LogP contribution in [0.1, 0.15) is 39.5 Å². The van der Waals surface area contributed by atoms with E-state index in [2.05, 4.69) is 13.8 Å². The molecule has 0 heterocycles. The Bertz CT molecular complexity index is 282. The number of aliphatic carboxylic acids is 1. The van der Waals surface area contributed by atoms with E-state index < -0.39 is 5.97 Å². The summed E-state index contributed by atoms with van der Waals surface area (Å²) in [6, 6.07) is 0. The summed E-state index contributed by atoms with van der Waals surface area (Å²) in [6.07, 6.45) is 3.77. The molecule has 1 fully saturated rings. The fourth-order valence-corrected chi connectivity index (χ4v) is 2.57. The number of rotatable bonds is 5. The number of nitrogens with zero attached hydrogens (tertiary/aromatic N) is 1. The van der Waals surface area contributed by atoms with Gasteiger partial charge in [0.15, 0.2) is 0 Å². The average Bonchev–Trinajstić information content (AvgIpc) is 2.08. The molecule has 1 amide bonds. The maximum Gasteiger partial charge on any atom is 0.323 e. The molecule has 0 radical (unpaired) electrons. The van der Waals surface area contributed by atoms with Crippen LogP contribution in [0.4, 0.5) is 0 Å². The molecule has 16 heavy (non-hydrogen) atoms. The number of hydrogen-bond donors (Lipinski definition) is 1. The molecule has 0 bridgehead atoms. The molecule has 0 aromatic rings. The molecular formula is C12H21NO3. The third-order valence-electron chi connectivity index (χ3n) is 3.28. The summed E-state index contributed by atoms with van der Waals surface area (Å²) < 4.78 is 0. The van der Waals surface area contributed by atoms with Gasteiger partial charge in [0.1, 0.15) is 6.54 Å². The smallest absolute Gasteiger partial charge is 0.323 e. The van der Waals surface area contributed by atoms with Gasteiger partial charge in [-0.15, -0.1) is 0 Å². The van der Waals surface area contributed by atoms with E-state index in [4.69, 9.17) is 5.11 Å². The Morgan fingerprint density at radius 3 is 2.25 bits per heavy atom. The summed E-state index contributed by atoms with van der Waals surface area (Å²) in [6.45, 7) is 4.01. The number of amides is 1. The highest BCUT2D eigenvalue weighted by Gasteiger charge is 2.45. The van der Waals surface area contributed by atoms with Crippen LogP contribution in [-0.2, 0) is 9.59 Å². The minimum absolute atomic E-state index is 0.00912. The Morgan fingerprint density at radius 1 is 1.38 bits per heavy atom. The van der Waals surface area contributed by atoms with E-state index in [0.717, 1.165) is 25.7 Å². The highest BCUT2D eigenvalue weighted by atomic mass is 16.4. The zero-order valence-electron chi connectivity index (χ0n) is 10.3. The summed E-state index contributed by atoms with van der Waals surface area (Å²) in [4.78, 5) is 24.1. The largest absolute Gasteiger partial charge is 0.480 e. The molecule has 1 aliphatic rings. The summed E-state index contributed by atoms with van der Waals surface area (Å²) >= 11 is 0. The molecule has 0 aromatic heterocycles. The molecular weight excluding hydrogens is 206 g/mol. The van der Waals surface area contributed by atoms with Crippen LogP contribution < -0.4 is 0 Å². The number of carbonyl (C=O) groups is 2. The Morgan fingerprint density at radius 2 is 1.94 bits per heavy atom. The molecule has 1 rings (SSSR count). The lowest BCUT2D eigenvalue weighted by Crippen LogP contribution is -2.48. The van der Waals surface area contributed by atoms with E-state index in [1.165, 1.54) is 4.90 Å². The molecule has 0 atom stereocenters. The van der Waals surface area contributed by atoms with Gasteiger partial charge in [-0.3, -0.25) is 9.59 Å². The van der Waals surface area contributed by atoms with Gasteiger partial charge in [-0.2, -0.15) is 0 Å². The lowest BCUT2D eigenvalue weighted by atomic mass is 9.63. The maximum atomic E-state index is 12.2. The highest BCUT2D eigenvalue weighted by molar-refractivity contribution is 5.86. The first-order valence-electron chi connectivity index (χ1n) is 5.85. The molecule has 1 aliphatic carbocycles. The van der Waals surface area contributed by atoms with Gasteiger partial charge in [0.2, 0.25) is 5.91 Å². The van der Waals surface area contributed by atoms with Crippen LogP contribution in [0, 0.1) is 11.3 Å². The predicted molar refractivity (Wildman–Crippen MR) is 61.0 cm³/mol. The van der Waals surface area contributed by atoms with Crippen LogP contribution in [0.3, 0.4) is 0 Å². The van der Waals surface area contributed by atoms with Gasteiger partial charge in [0.25, 0.3) is 0 Å². The molecule has 4 heteroatoms. The van der Waals surface area contributed by atoms with Crippen molar-refractivity contribution in [2.45, 2.75) is 39.5 Å². The van der Waals surface area contributed by atoms with Crippen molar-refractivity contribution < 1.29 is 14.7 Å². The van der Waals surface area contributed by atoms with Gasteiger partial charge in [0.05, 0.1) is 0 Å². The number of carbonyl (C=O) groups excluding carboxylic acids is 1. The Hall–Kier alpha value is -1.06. The van der Waals surface area contributed by atoms with E-state index in [0.29, 0.717) is 5.92 Å². The van der Waals surface area contributed by atoms with Gasteiger partial charge in [-0.1, -0.05) is 20.3 Å². The SMILES string of the molecule is CC(C)CC1(C(=O)N(C)CC(=O)O)CCC1. The Labute approximate surface area is 96.6 Å². The van der Waals surface area contributed by atoms with Crippen molar-refractivity contribution in [2.75, 3.05) is 13.6 Å². The van der Waals surface area contributed by atoms with Crippen LogP contribution in [0.25, 0.3) is 0 Å². The van der Waals surface area contributed by atoms with Crippen LogP contribution in [-0.4, -0.2) is 35.5 Å². The summed E-state index contributed by atoms with van der Waals surface area (Å²) in [5, 5.41) is 8.68. The van der Waals surface area contributed by atoms with E-state index in [-0.39, 0.29) is 17.9 Å². The van der Waals surface area contributed by atoms with Gasteiger partial charge in [0, 0.05) is 12.5 Å². The van der Waals surface area contributed by atoms with Gasteiger partial charge < -0.3 is 10.0 Å². The van der Waals surface area contributed by atoms with Crippen LogP contribution in [0.5, 0.6) is 0 Å². The third kappa shape index (κ3) is 2.74. The van der Waals surface area contributed by atoms with Crippen LogP contribution in [0.2, 0.25) is 0 Å². The van der Waals surface area contributed by atoms with Crippen molar-refractivity contribution in [3.63, 3.8) is 0 Å². The molecule has 0 saturated heterocycles. The topological polar surface area (TPSA) is 57.6 Å². The van der Waals surface area contributed by atoms with Crippen LogP contribution >= 0.6 is 0 Å². The zero-order chi connectivity index (χ0) is 12.3. The molecule has 1 saturated carbocycles. The Balaban J connectivity index is 2.65. The second-order valence-electron chi connectivity index (χ2n) is 5.29. The van der Waals surface area contributed by atoms with E-state index in [9.17, 15) is 9.59 Å². The number of likely N-dealkylation sites (N-methyl/N-ethyl adjacent to an activating group) is 1. The fourth-order valence-electron chi connectivity index (χ4n) is 2.57. The normalized spacial score (nSPS) is 18.0. The van der Waals surface area contributed by atoms with E-state index in [1.54, 1.807) is 7.05 Å². The monoisotopic (exact) mass is 227 g/mol. The minimum Gasteiger partial charge on any atom is -0.480 e. The summed E-state index contributed by atoms with van der Waals surface area (Å²) in [7, 11) is 1.58. The van der Waals surface area contributed by atoms with Crippen molar-refractivity contribution in [1.82, 2.24) is 4.90 Å². The molecule has 92 valence electrons. The average molecular weight is 227 g/mol. The van der Waals surface area contributed by atoms with Crippen molar-refractivity contribution in [3.05, 3.63) is 0 Å². The number of carboxylic acids is 1. The molecule has 0 aliphatic heterocycles. The quantitative estimate of drug-likeness (QED) is 0.778. The first kappa shape index (κ1) is 13.0. The van der Waals surface area contributed by atoms with Gasteiger partial charge in [-0.25, -0.2) is 0 Å². The Kier molecular flexibility index (Phi) is 3.94. The lowest BCUT2D eigenvalue weighted by molar-refractivity contribution is -0.153. The molecule has 0 aromatic carbocycles. The number of carboxylic acid groups (broad SMARTS) is 1. The summed E-state index contributed by atoms with van der Waals surface area (Å²) in [5.74, 6) is -0.466. The maximum absolute atomic E-state index is 12.2. The molecule has 1 N–H and O–H groups in total. The molecule has 0 spiro atoms. The summed E-state index contributed by atoms with van der Waals surface area (Å²) in [5.41, 5.74) is -0.266. The molecule has 0 unspecified atom stereocenters. The lowest BCUT2D eigenvalue weighted by Gasteiger charge is -2.43. The van der Waals surface area contributed by atoms with Crippen molar-refractivity contribution in [1.29, 1.82) is 0 Å². The minimum atomic E-state index is -0.949. The predicted octanol–water partition coefficient (Wildman–Crippen LogP) is 1.75. The van der Waals surface area contributed by atoms with Gasteiger partial charge in [-0.05, 0) is 25.2 Å². The van der Waals surface area contributed by atoms with E-state index >= 15 is 0 Å². The standard InChI is InChI=1S/C12H21NO3/c1-9(2)7-12(5-4-6-12)11(16)13(3)8-10(14)15/h9H,4-8H2,1-3H3,(H,14,15). The molecule has 4 nitrogen and oxygen atoms in total. The van der Waals surface area contributed by atoms with Crippen molar-refractivity contribution in [2.24, 2.45) is 11.3 Å². The highest BCUT2D eigenvalue weighted by Crippen LogP contribution is 2.47. The third-order valence-corrected chi connectivity index (χ3v) is 3.28. The second kappa shape index (κ2) is 4.85. The fraction of sp³-hybridized carbons (Fsp3) is 0.833. The van der Waals surface area contributed by atoms with Crippen LogP contribution in [0.15, 0.2) is 0 Å². The van der Waals surface area contributed by atoms with Gasteiger partial charge >= 0.3 is 5.97 Å².